The summed E-state index contributed by atoms with van der Waals surface area (Å²) in [4.78, 5) is 0. The van der Waals surface area contributed by atoms with E-state index in [0.29, 0.717) is 0 Å². The van der Waals surface area contributed by atoms with Gasteiger partial charge in [-0.15, -0.1) is 0 Å². The third-order valence-electron chi connectivity index (χ3n) is 11.9. The van der Waals surface area contributed by atoms with E-state index in [0.717, 1.165) is 38.7 Å². The van der Waals surface area contributed by atoms with Crippen molar-refractivity contribution >= 4 is 54.5 Å². The van der Waals surface area contributed by atoms with Gasteiger partial charge in [-0.05, 0) is 91.9 Å². The highest BCUT2D eigenvalue weighted by Crippen LogP contribution is 2.50. The maximum atomic E-state index is 6.73. The lowest BCUT2D eigenvalue weighted by atomic mass is 9.87. The van der Waals surface area contributed by atoms with Crippen molar-refractivity contribution in [2.24, 2.45) is 0 Å². The van der Waals surface area contributed by atoms with Crippen LogP contribution in [0.1, 0.15) is 22.6 Å². The summed E-state index contributed by atoms with van der Waals surface area (Å²) >= 11 is 0. The fraction of sp³-hybridized carbons (Fsp3) is 0.0189. The van der Waals surface area contributed by atoms with Crippen LogP contribution in [0.2, 0.25) is 0 Å². The van der Waals surface area contributed by atoms with E-state index in [9.17, 15) is 0 Å². The van der Waals surface area contributed by atoms with Crippen molar-refractivity contribution < 1.29 is 4.42 Å². The van der Waals surface area contributed by atoms with Gasteiger partial charge in [0.15, 0.2) is 5.58 Å². The molecule has 1 atom stereocenters. The van der Waals surface area contributed by atoms with E-state index in [2.05, 4.69) is 193 Å². The van der Waals surface area contributed by atoms with Crippen LogP contribution in [0.3, 0.4) is 0 Å². The predicted molar refractivity (Wildman–Crippen MR) is 229 cm³/mol. The molecule has 55 heavy (non-hydrogen) atoms. The normalized spacial score (nSPS) is 13.6. The average Bonchev–Trinajstić information content (AvgIpc) is 3.91. The summed E-state index contributed by atoms with van der Waals surface area (Å²) in [5.74, 6) is 0.177. The Hall–Kier alpha value is -7.16. The van der Waals surface area contributed by atoms with Crippen LogP contribution in [0.4, 0.5) is 0 Å². The second-order valence-corrected chi connectivity index (χ2v) is 14.8. The molecule has 0 bridgehead atoms. The Morgan fingerprint density at radius 3 is 2.04 bits per heavy atom. The topological polar surface area (TPSA) is 18.1 Å². The summed E-state index contributed by atoms with van der Waals surface area (Å²) < 4.78 is 9.15. The largest absolute Gasteiger partial charge is 0.454 e. The molecule has 12 rings (SSSR count). The zero-order valence-electron chi connectivity index (χ0n) is 29.9. The number of rotatable bonds is 4. The van der Waals surface area contributed by atoms with Gasteiger partial charge >= 0.3 is 0 Å². The number of furan rings is 1. The quantitative estimate of drug-likeness (QED) is 0.179. The Bertz CT molecular complexity index is 3320. The Morgan fingerprint density at radius 2 is 1.09 bits per heavy atom. The molecular formula is C53H33NO. The minimum atomic E-state index is 0.177. The van der Waals surface area contributed by atoms with Gasteiger partial charge in [0, 0.05) is 32.8 Å². The highest BCUT2D eigenvalue weighted by molar-refractivity contribution is 6.22. The number of hydrogen-bond acceptors (Lipinski definition) is 1. The minimum Gasteiger partial charge on any atom is -0.454 e. The first-order valence-electron chi connectivity index (χ1n) is 19.0. The third-order valence-corrected chi connectivity index (χ3v) is 11.9. The van der Waals surface area contributed by atoms with Gasteiger partial charge in [-0.3, -0.25) is 0 Å². The number of aromatic nitrogens is 1. The van der Waals surface area contributed by atoms with Crippen molar-refractivity contribution in [1.29, 1.82) is 0 Å². The van der Waals surface area contributed by atoms with E-state index in [1.165, 1.54) is 71.6 Å². The molecule has 0 fully saturated rings. The highest BCUT2D eigenvalue weighted by atomic mass is 16.3. The fourth-order valence-corrected chi connectivity index (χ4v) is 9.38. The summed E-state index contributed by atoms with van der Waals surface area (Å²) in [6, 6.07) is 71.0. The van der Waals surface area contributed by atoms with Gasteiger partial charge in [-0.1, -0.05) is 158 Å². The first-order valence-corrected chi connectivity index (χ1v) is 19.0. The molecule has 2 heteroatoms. The molecule has 2 heterocycles. The zero-order valence-corrected chi connectivity index (χ0v) is 29.9. The van der Waals surface area contributed by atoms with Crippen molar-refractivity contribution in [2.75, 3.05) is 0 Å². The maximum absolute atomic E-state index is 6.73. The molecule has 9 aromatic carbocycles. The van der Waals surface area contributed by atoms with Gasteiger partial charge in [0.05, 0.1) is 16.7 Å². The molecule has 256 valence electrons. The number of hydrogen-bond donors (Lipinski definition) is 0. The van der Waals surface area contributed by atoms with E-state index in [1.54, 1.807) is 0 Å². The number of benzene rings is 9. The van der Waals surface area contributed by atoms with E-state index < -0.39 is 0 Å². The molecule has 1 aliphatic carbocycles. The maximum Gasteiger partial charge on any atom is 0.160 e. The molecular weight excluding hydrogens is 667 g/mol. The summed E-state index contributed by atoms with van der Waals surface area (Å²) in [5.41, 5.74) is 16.8. The molecule has 0 radical (unpaired) electrons. The summed E-state index contributed by atoms with van der Waals surface area (Å²) in [6.07, 6.45) is 0. The minimum absolute atomic E-state index is 0.177. The number of fused-ring (bicyclic) bond motifs is 11. The van der Waals surface area contributed by atoms with Crippen molar-refractivity contribution in [3.63, 3.8) is 0 Å². The van der Waals surface area contributed by atoms with E-state index >= 15 is 0 Å². The molecule has 1 unspecified atom stereocenters. The summed E-state index contributed by atoms with van der Waals surface area (Å²) in [6.45, 7) is 0. The fourth-order valence-electron chi connectivity index (χ4n) is 9.38. The molecule has 11 aromatic rings. The Labute approximate surface area is 318 Å². The van der Waals surface area contributed by atoms with Crippen LogP contribution in [-0.2, 0) is 0 Å². The van der Waals surface area contributed by atoms with E-state index in [1.807, 2.05) is 6.07 Å². The number of nitrogens with zero attached hydrogens (tertiary/aromatic N) is 1. The van der Waals surface area contributed by atoms with Crippen LogP contribution in [-0.4, -0.2) is 4.57 Å². The molecule has 0 aliphatic heterocycles. The van der Waals surface area contributed by atoms with Crippen molar-refractivity contribution in [3.8, 4) is 39.1 Å². The average molecular weight is 700 g/mol. The lowest BCUT2D eigenvalue weighted by Crippen LogP contribution is -1.99. The smallest absolute Gasteiger partial charge is 0.160 e. The third kappa shape index (κ3) is 4.49. The molecule has 2 nitrogen and oxygen atoms in total. The van der Waals surface area contributed by atoms with Gasteiger partial charge in [-0.25, -0.2) is 0 Å². The van der Waals surface area contributed by atoms with Crippen LogP contribution >= 0.6 is 0 Å². The standard InChI is InChI=1S/C53H33NO/c1-2-12-33(13-3-1)35-16-10-17-38(30-35)51-42-21-7-6-19-40(42)46-31-36(24-26-43(46)51)37-25-29-49-47(32-37)44-27-28-45-41-20-8-9-23-50(41)55-53(45)52(44)54(49)48-22-11-15-34-14-4-5-18-39(34)48/h1-32,51H. The van der Waals surface area contributed by atoms with E-state index in [-0.39, 0.29) is 5.92 Å². The summed E-state index contributed by atoms with van der Waals surface area (Å²) in [7, 11) is 0. The van der Waals surface area contributed by atoms with Gasteiger partial charge in [0.1, 0.15) is 5.58 Å². The molecule has 1 aliphatic rings. The number of para-hydroxylation sites is 1. The lowest BCUT2D eigenvalue weighted by molar-refractivity contribution is 0.671. The SMILES string of the molecule is c1ccc(-c2cccc(C3c4ccccc4-c4cc(-c5ccc6c(c5)c5ccc7c8ccccc8oc7c5n6-c5cccc6ccccc56)ccc43)c2)cc1. The van der Waals surface area contributed by atoms with Crippen LogP contribution < -0.4 is 0 Å². The van der Waals surface area contributed by atoms with Crippen molar-refractivity contribution in [3.05, 3.63) is 211 Å². The molecule has 0 saturated heterocycles. The van der Waals surface area contributed by atoms with Crippen molar-refractivity contribution in [1.82, 2.24) is 4.57 Å². The van der Waals surface area contributed by atoms with Crippen LogP contribution in [0.25, 0.3) is 93.6 Å². The van der Waals surface area contributed by atoms with Crippen LogP contribution in [0, 0.1) is 0 Å². The highest BCUT2D eigenvalue weighted by Gasteiger charge is 2.30. The van der Waals surface area contributed by atoms with Crippen molar-refractivity contribution in [2.45, 2.75) is 5.92 Å². The first-order chi connectivity index (χ1) is 27.3. The van der Waals surface area contributed by atoms with E-state index in [4.69, 9.17) is 4.42 Å². The first kappa shape index (κ1) is 30.3. The monoisotopic (exact) mass is 699 g/mol. The van der Waals surface area contributed by atoms with Crippen LogP contribution in [0.5, 0.6) is 0 Å². The van der Waals surface area contributed by atoms with Gasteiger partial charge < -0.3 is 8.98 Å². The molecule has 0 amide bonds. The molecule has 0 N–H and O–H groups in total. The Balaban J connectivity index is 1.06. The van der Waals surface area contributed by atoms with Crippen LogP contribution in [0.15, 0.2) is 199 Å². The Kier molecular flexibility index (Phi) is 6.43. The summed E-state index contributed by atoms with van der Waals surface area (Å²) in [5, 5.41) is 7.08. The second-order valence-electron chi connectivity index (χ2n) is 14.8. The van der Waals surface area contributed by atoms with Gasteiger partial charge in [0.2, 0.25) is 0 Å². The van der Waals surface area contributed by atoms with Gasteiger partial charge in [0.25, 0.3) is 0 Å². The lowest BCUT2D eigenvalue weighted by Gasteiger charge is -2.16. The zero-order chi connectivity index (χ0) is 36.0. The predicted octanol–water partition coefficient (Wildman–Crippen LogP) is 14.3. The molecule has 2 aromatic heterocycles. The Morgan fingerprint density at radius 1 is 0.400 bits per heavy atom. The van der Waals surface area contributed by atoms with Gasteiger partial charge in [-0.2, -0.15) is 0 Å². The molecule has 0 saturated carbocycles. The second kappa shape index (κ2) is 11.7. The molecule has 0 spiro atoms.